The van der Waals surface area contributed by atoms with Crippen LogP contribution in [0.3, 0.4) is 0 Å². The van der Waals surface area contributed by atoms with Gasteiger partial charge in [0.05, 0.1) is 4.90 Å². The fourth-order valence-corrected chi connectivity index (χ4v) is 3.87. The first-order chi connectivity index (χ1) is 9.13. The van der Waals surface area contributed by atoms with Crippen molar-refractivity contribution < 1.29 is 8.42 Å². The highest BCUT2D eigenvalue weighted by atomic mass is 35.5. The highest BCUT2D eigenvalue weighted by molar-refractivity contribution is 7.89. The largest absolute Gasteiger partial charge is 0.302 e. The average molecular weight is 303 g/mol. The standard InChI is InChI=1S/C13H19ClN2O2S/c14-11-12-5-1-2-6-13(12)19(17,18)15-7-10-16-8-3-4-9-16/h1-2,5-6,15H,3-4,7-11H2. The third-order valence-corrected chi connectivity index (χ3v) is 5.17. The molecule has 0 amide bonds. The van der Waals surface area contributed by atoms with Crippen LogP contribution in [0.15, 0.2) is 29.2 Å². The summed E-state index contributed by atoms with van der Waals surface area (Å²) in [5, 5.41) is 0. The van der Waals surface area contributed by atoms with Crippen molar-refractivity contribution in [3.8, 4) is 0 Å². The molecule has 19 heavy (non-hydrogen) atoms. The molecule has 0 unspecified atom stereocenters. The molecule has 2 rings (SSSR count). The van der Waals surface area contributed by atoms with E-state index in [1.54, 1.807) is 24.3 Å². The van der Waals surface area contributed by atoms with Crippen LogP contribution in [0.2, 0.25) is 0 Å². The first-order valence-electron chi connectivity index (χ1n) is 6.49. The predicted molar refractivity (Wildman–Crippen MR) is 76.9 cm³/mol. The quantitative estimate of drug-likeness (QED) is 0.815. The van der Waals surface area contributed by atoms with Gasteiger partial charge in [-0.3, -0.25) is 0 Å². The van der Waals surface area contributed by atoms with Gasteiger partial charge in [0.15, 0.2) is 0 Å². The molecule has 106 valence electrons. The minimum absolute atomic E-state index is 0.198. The van der Waals surface area contributed by atoms with Crippen molar-refractivity contribution >= 4 is 21.6 Å². The van der Waals surface area contributed by atoms with Gasteiger partial charge >= 0.3 is 0 Å². The molecule has 0 saturated carbocycles. The predicted octanol–water partition coefficient (Wildman–Crippen LogP) is 1.80. The molecule has 1 saturated heterocycles. The first kappa shape index (κ1) is 14.8. The Kier molecular flexibility index (Phi) is 5.21. The lowest BCUT2D eigenvalue weighted by Crippen LogP contribution is -2.33. The van der Waals surface area contributed by atoms with Gasteiger partial charge in [0.2, 0.25) is 10.0 Å². The smallest absolute Gasteiger partial charge is 0.240 e. The molecule has 0 aliphatic carbocycles. The molecule has 0 atom stereocenters. The number of alkyl halides is 1. The minimum atomic E-state index is -3.46. The molecular formula is C13H19ClN2O2S. The maximum Gasteiger partial charge on any atom is 0.240 e. The van der Waals surface area contributed by atoms with E-state index >= 15 is 0 Å². The Labute approximate surface area is 119 Å². The molecule has 1 fully saturated rings. The van der Waals surface area contributed by atoms with Crippen molar-refractivity contribution in [1.29, 1.82) is 0 Å². The van der Waals surface area contributed by atoms with Crippen molar-refractivity contribution in [1.82, 2.24) is 9.62 Å². The lowest BCUT2D eigenvalue weighted by molar-refractivity contribution is 0.344. The van der Waals surface area contributed by atoms with Crippen LogP contribution in [0, 0.1) is 0 Å². The number of nitrogens with one attached hydrogen (secondary N) is 1. The maximum absolute atomic E-state index is 12.2. The van der Waals surface area contributed by atoms with Gasteiger partial charge in [0, 0.05) is 19.0 Å². The zero-order valence-electron chi connectivity index (χ0n) is 10.8. The molecule has 0 radical (unpaired) electrons. The Hall–Kier alpha value is -0.620. The second-order valence-electron chi connectivity index (χ2n) is 4.69. The monoisotopic (exact) mass is 302 g/mol. The van der Waals surface area contributed by atoms with E-state index in [1.165, 1.54) is 12.8 Å². The molecule has 6 heteroatoms. The summed E-state index contributed by atoms with van der Waals surface area (Å²) >= 11 is 5.78. The van der Waals surface area contributed by atoms with E-state index < -0.39 is 10.0 Å². The van der Waals surface area contributed by atoms with Gasteiger partial charge in [0.1, 0.15) is 0 Å². The molecule has 1 aromatic carbocycles. The van der Waals surface area contributed by atoms with E-state index in [-0.39, 0.29) is 10.8 Å². The first-order valence-corrected chi connectivity index (χ1v) is 8.51. The van der Waals surface area contributed by atoms with Gasteiger partial charge in [-0.1, -0.05) is 18.2 Å². The van der Waals surface area contributed by atoms with E-state index in [4.69, 9.17) is 11.6 Å². The molecule has 0 aromatic heterocycles. The van der Waals surface area contributed by atoms with Crippen LogP contribution < -0.4 is 4.72 Å². The van der Waals surface area contributed by atoms with E-state index in [0.717, 1.165) is 19.6 Å². The second-order valence-corrected chi connectivity index (χ2v) is 6.69. The van der Waals surface area contributed by atoms with Crippen molar-refractivity contribution in [2.45, 2.75) is 23.6 Å². The zero-order chi connectivity index (χ0) is 13.7. The molecule has 1 aromatic rings. The summed E-state index contributed by atoms with van der Waals surface area (Å²) in [6.45, 7) is 3.35. The fourth-order valence-electron chi connectivity index (χ4n) is 2.30. The summed E-state index contributed by atoms with van der Waals surface area (Å²) in [5.74, 6) is 0.198. The van der Waals surface area contributed by atoms with Gasteiger partial charge in [0.25, 0.3) is 0 Å². The van der Waals surface area contributed by atoms with Crippen molar-refractivity contribution in [3.63, 3.8) is 0 Å². The van der Waals surface area contributed by atoms with Gasteiger partial charge < -0.3 is 4.90 Å². The van der Waals surface area contributed by atoms with Crippen LogP contribution in [0.1, 0.15) is 18.4 Å². The molecule has 1 N–H and O–H groups in total. The SMILES string of the molecule is O=S(=O)(NCCN1CCCC1)c1ccccc1CCl. The number of halogens is 1. The number of nitrogens with zero attached hydrogens (tertiary/aromatic N) is 1. The number of hydrogen-bond donors (Lipinski definition) is 1. The molecular weight excluding hydrogens is 284 g/mol. The molecule has 1 aliphatic heterocycles. The number of hydrogen-bond acceptors (Lipinski definition) is 3. The van der Waals surface area contributed by atoms with E-state index in [2.05, 4.69) is 9.62 Å². The molecule has 0 spiro atoms. The van der Waals surface area contributed by atoms with Crippen LogP contribution in [-0.2, 0) is 15.9 Å². The van der Waals surface area contributed by atoms with Gasteiger partial charge in [-0.15, -0.1) is 11.6 Å². The summed E-state index contributed by atoms with van der Waals surface area (Å²) in [6, 6.07) is 6.84. The van der Waals surface area contributed by atoms with Crippen LogP contribution in [0.25, 0.3) is 0 Å². The summed E-state index contributed by atoms with van der Waals surface area (Å²) in [7, 11) is -3.46. The molecule has 4 nitrogen and oxygen atoms in total. The zero-order valence-corrected chi connectivity index (χ0v) is 12.4. The van der Waals surface area contributed by atoms with E-state index in [0.29, 0.717) is 12.1 Å². The Morgan fingerprint density at radius 2 is 1.89 bits per heavy atom. The summed E-state index contributed by atoms with van der Waals surface area (Å²) < 4.78 is 27.0. The molecule has 1 aliphatic rings. The number of sulfonamides is 1. The number of likely N-dealkylation sites (tertiary alicyclic amines) is 1. The van der Waals surface area contributed by atoms with Crippen molar-refractivity contribution in [3.05, 3.63) is 29.8 Å². The van der Waals surface area contributed by atoms with Crippen LogP contribution in [0.5, 0.6) is 0 Å². The number of rotatable bonds is 6. The lowest BCUT2D eigenvalue weighted by Gasteiger charge is -2.15. The maximum atomic E-state index is 12.2. The third-order valence-electron chi connectivity index (χ3n) is 3.32. The number of benzene rings is 1. The van der Waals surface area contributed by atoms with E-state index in [9.17, 15) is 8.42 Å². The summed E-state index contributed by atoms with van der Waals surface area (Å²) in [4.78, 5) is 2.56. The van der Waals surface area contributed by atoms with Crippen molar-refractivity contribution in [2.75, 3.05) is 26.2 Å². The topological polar surface area (TPSA) is 49.4 Å². The Bertz CT molecular complexity index is 513. The molecule has 0 bridgehead atoms. The van der Waals surface area contributed by atoms with Crippen molar-refractivity contribution in [2.24, 2.45) is 0 Å². The Morgan fingerprint density at radius 1 is 1.21 bits per heavy atom. The average Bonchev–Trinajstić information content (AvgIpc) is 2.91. The summed E-state index contributed by atoms with van der Waals surface area (Å²) in [6.07, 6.45) is 2.42. The van der Waals surface area contributed by atoms with Crippen LogP contribution >= 0.6 is 11.6 Å². The van der Waals surface area contributed by atoms with E-state index in [1.807, 2.05) is 0 Å². The lowest BCUT2D eigenvalue weighted by atomic mass is 10.2. The third kappa shape index (κ3) is 3.92. The Morgan fingerprint density at radius 3 is 2.58 bits per heavy atom. The molecule has 1 heterocycles. The van der Waals surface area contributed by atoms with Gasteiger partial charge in [-0.25, -0.2) is 13.1 Å². The van der Waals surface area contributed by atoms with Crippen LogP contribution in [-0.4, -0.2) is 39.5 Å². The normalized spacial score (nSPS) is 16.9. The highest BCUT2D eigenvalue weighted by Gasteiger charge is 2.18. The van der Waals surface area contributed by atoms with Gasteiger partial charge in [-0.05, 0) is 37.6 Å². The second kappa shape index (κ2) is 6.70. The fraction of sp³-hybridized carbons (Fsp3) is 0.538. The van der Waals surface area contributed by atoms with Crippen LogP contribution in [0.4, 0.5) is 0 Å². The summed E-state index contributed by atoms with van der Waals surface area (Å²) in [5.41, 5.74) is 0.637. The minimum Gasteiger partial charge on any atom is -0.302 e. The Balaban J connectivity index is 1.97. The van der Waals surface area contributed by atoms with Gasteiger partial charge in [-0.2, -0.15) is 0 Å². The highest BCUT2D eigenvalue weighted by Crippen LogP contribution is 2.17.